The number of hydrogen-bond donors (Lipinski definition) is 1. The largest absolute Gasteiger partial charge is 0.566 e. The third-order valence-corrected chi connectivity index (χ3v) is 2.23. The molecule has 0 fully saturated rings. The van der Waals surface area contributed by atoms with Gasteiger partial charge in [-0.2, -0.15) is 4.89 Å². The fourth-order valence-corrected chi connectivity index (χ4v) is 1.48. The van der Waals surface area contributed by atoms with Crippen molar-refractivity contribution in [2.24, 2.45) is 0 Å². The highest BCUT2D eigenvalue weighted by Gasteiger charge is 2.48. The van der Waals surface area contributed by atoms with Crippen LogP contribution in [0.25, 0.3) is 0 Å². The normalized spacial score (nSPS) is 28.3. The van der Waals surface area contributed by atoms with Gasteiger partial charge in [-0.15, -0.1) is 6.58 Å². The molecule has 1 heterocycles. The van der Waals surface area contributed by atoms with Gasteiger partial charge in [-0.1, -0.05) is 6.08 Å². The lowest BCUT2D eigenvalue weighted by Gasteiger charge is -2.00. The Kier molecular flexibility index (Phi) is 2.27. The molecule has 0 aliphatic carbocycles. The molecule has 0 aromatic heterocycles. The predicted octanol–water partition coefficient (Wildman–Crippen LogP) is 1.40. The summed E-state index contributed by atoms with van der Waals surface area (Å²) in [6.07, 6.45) is 3.29. The van der Waals surface area contributed by atoms with Crippen LogP contribution in [0.4, 0.5) is 0 Å². The maximum Gasteiger partial charge on any atom is 0.566 e. The van der Waals surface area contributed by atoms with E-state index in [2.05, 4.69) is 11.1 Å². The minimum Gasteiger partial charge on any atom is -0.276 e. The van der Waals surface area contributed by atoms with E-state index >= 15 is 0 Å². The van der Waals surface area contributed by atoms with Gasteiger partial charge in [0.05, 0.1) is 0 Å². The summed E-state index contributed by atoms with van der Waals surface area (Å²) in [7, 11) is -3.21. The van der Waals surface area contributed by atoms with Crippen LogP contribution in [0.15, 0.2) is 24.7 Å². The zero-order valence-electron chi connectivity index (χ0n) is 5.77. The van der Waals surface area contributed by atoms with Crippen molar-refractivity contribution < 1.29 is 18.7 Å². The first-order valence-electron chi connectivity index (χ1n) is 2.96. The molecule has 0 saturated carbocycles. The molecule has 1 rings (SSSR count). The summed E-state index contributed by atoms with van der Waals surface area (Å²) in [6, 6.07) is 0.291. The highest BCUT2D eigenvalue weighted by Crippen LogP contribution is 2.60. The van der Waals surface area contributed by atoms with Gasteiger partial charge in [0.15, 0.2) is 6.26 Å². The highest BCUT2D eigenvalue weighted by molar-refractivity contribution is 7.75. The molecule has 0 spiro atoms. The van der Waals surface area contributed by atoms with E-state index < -0.39 is 7.94 Å². The average molecular weight is 175 g/mol. The van der Waals surface area contributed by atoms with Crippen LogP contribution in [0.3, 0.4) is 0 Å². The topological polar surface area (TPSA) is 55.8 Å². The van der Waals surface area contributed by atoms with Crippen LogP contribution in [0.2, 0.25) is 0 Å². The molecule has 11 heavy (non-hydrogen) atoms. The molecule has 0 bridgehead atoms. The summed E-state index contributed by atoms with van der Waals surface area (Å²) < 4.78 is 9.43. The van der Waals surface area contributed by atoms with E-state index in [4.69, 9.17) is 9.42 Å². The summed E-state index contributed by atoms with van der Waals surface area (Å²) in [6.45, 7) is 3.46. The van der Waals surface area contributed by atoms with Crippen LogP contribution < -0.4 is 0 Å². The minimum absolute atomic E-state index is 0.291. The van der Waals surface area contributed by atoms with Gasteiger partial charge in [0.2, 0.25) is 5.76 Å². The maximum atomic E-state index is 10.2. The van der Waals surface area contributed by atoms with Crippen LogP contribution >= 0.6 is 7.94 Å². The van der Waals surface area contributed by atoms with E-state index in [9.17, 15) is 4.79 Å². The molecule has 1 unspecified atom stereocenters. The predicted molar refractivity (Wildman–Crippen MR) is 41.0 cm³/mol. The summed E-state index contributed by atoms with van der Waals surface area (Å²) in [4.78, 5) is 19.3. The zero-order valence-corrected chi connectivity index (χ0v) is 6.66. The number of hydrogen-bond acceptors (Lipinski definition) is 4. The monoisotopic (exact) mass is 175 g/mol. The van der Waals surface area contributed by atoms with Crippen LogP contribution in [0.1, 0.15) is 6.42 Å². The van der Waals surface area contributed by atoms with Gasteiger partial charge in [0.25, 0.3) is 0 Å². The van der Waals surface area contributed by atoms with Gasteiger partial charge < -0.3 is 0 Å². The fourth-order valence-electron chi connectivity index (χ4n) is 0.619. The van der Waals surface area contributed by atoms with Crippen molar-refractivity contribution in [1.29, 1.82) is 0 Å². The molecule has 0 amide bonds. The Morgan fingerprint density at radius 2 is 2.55 bits per heavy atom. The van der Waals surface area contributed by atoms with E-state index in [1.165, 1.54) is 6.26 Å². The lowest BCUT2D eigenvalue weighted by atomic mass is 10.4. The van der Waals surface area contributed by atoms with Gasteiger partial charge in [-0.3, -0.25) is 9.05 Å². The average Bonchev–Trinajstić information content (AvgIpc) is 2.35. The molecule has 1 N–H and O–H groups in total. The highest BCUT2D eigenvalue weighted by atomic mass is 31.2. The Morgan fingerprint density at radius 1 is 1.82 bits per heavy atom. The van der Waals surface area contributed by atoms with Crippen LogP contribution in [-0.4, -0.2) is 10.9 Å². The summed E-state index contributed by atoms with van der Waals surface area (Å²) in [5.41, 5.74) is 0. The molecule has 0 saturated heterocycles. The molecule has 60 valence electrons. The van der Waals surface area contributed by atoms with Crippen molar-refractivity contribution in [2.45, 2.75) is 6.42 Å². The summed E-state index contributed by atoms with van der Waals surface area (Å²) >= 11 is 0. The van der Waals surface area contributed by atoms with Crippen molar-refractivity contribution in [3.05, 3.63) is 24.7 Å². The smallest absolute Gasteiger partial charge is 0.276 e. The van der Waals surface area contributed by atoms with Gasteiger partial charge >= 0.3 is 14.0 Å². The molecular formula is C6H8O4P+. The van der Waals surface area contributed by atoms with Crippen molar-refractivity contribution >= 4 is 14.0 Å². The Bertz CT molecular complexity index is 213. The lowest BCUT2D eigenvalue weighted by molar-refractivity contribution is 0.333. The second-order valence-corrected chi connectivity index (χ2v) is 3.68. The number of carbonyl (C=O) groups is 1. The molecule has 1 atom stereocenters. The molecular weight excluding hydrogens is 167 g/mol. The molecule has 0 aromatic rings. The van der Waals surface area contributed by atoms with E-state index in [0.29, 0.717) is 18.2 Å². The number of carbonyl (C=O) groups excluding carboxylic acids is 1. The molecule has 0 radical (unpaired) electrons. The quantitative estimate of drug-likeness (QED) is 0.400. The lowest BCUT2D eigenvalue weighted by Crippen LogP contribution is -1.92. The summed E-state index contributed by atoms with van der Waals surface area (Å²) in [5.74, 6) is 0.433. The first-order chi connectivity index (χ1) is 5.20. The maximum absolute atomic E-state index is 10.2. The molecule has 0 aromatic carbocycles. The Morgan fingerprint density at radius 3 is 3.00 bits per heavy atom. The standard InChI is InChI=1S/C6H8O4P/c1-2-3-6-4-9-11(8,5-7)10-6/h2,4-5,8H,1,3H2/q+1. The van der Waals surface area contributed by atoms with Crippen molar-refractivity contribution in [3.63, 3.8) is 0 Å². The third-order valence-electron chi connectivity index (χ3n) is 1.06. The van der Waals surface area contributed by atoms with Gasteiger partial charge in [0.1, 0.15) is 0 Å². The third kappa shape index (κ3) is 1.79. The molecule has 1 aliphatic heterocycles. The van der Waals surface area contributed by atoms with Crippen molar-refractivity contribution in [2.75, 3.05) is 0 Å². The van der Waals surface area contributed by atoms with Crippen LogP contribution in [-0.2, 0) is 13.8 Å². The SMILES string of the molecule is C=CCC1=CO[P+](O)(C=O)O1. The van der Waals surface area contributed by atoms with Gasteiger partial charge in [-0.25, -0.2) is 4.79 Å². The second kappa shape index (κ2) is 3.03. The van der Waals surface area contributed by atoms with Crippen molar-refractivity contribution in [1.82, 2.24) is 0 Å². The Hall–Kier alpha value is -0.860. The van der Waals surface area contributed by atoms with E-state index in [-0.39, 0.29) is 0 Å². The number of rotatable bonds is 3. The van der Waals surface area contributed by atoms with Crippen molar-refractivity contribution in [3.8, 4) is 0 Å². The molecule has 5 heteroatoms. The first kappa shape index (κ1) is 8.24. The van der Waals surface area contributed by atoms with Crippen LogP contribution in [0, 0.1) is 0 Å². The fraction of sp³-hybridized carbons (Fsp3) is 0.167. The van der Waals surface area contributed by atoms with E-state index in [1.54, 1.807) is 6.08 Å². The van der Waals surface area contributed by atoms with Crippen LogP contribution in [0.5, 0.6) is 0 Å². The second-order valence-electron chi connectivity index (χ2n) is 1.94. The van der Waals surface area contributed by atoms with Gasteiger partial charge in [0, 0.05) is 6.42 Å². The minimum atomic E-state index is -3.21. The molecule has 1 aliphatic rings. The molecule has 4 nitrogen and oxygen atoms in total. The van der Waals surface area contributed by atoms with Gasteiger partial charge in [-0.05, 0) is 0 Å². The number of allylic oxidation sites excluding steroid dienone is 1. The van der Waals surface area contributed by atoms with E-state index in [0.717, 1.165) is 0 Å². The summed E-state index contributed by atoms with van der Waals surface area (Å²) in [5, 5.41) is 0. The zero-order chi connectivity index (χ0) is 8.32. The Labute approximate surface area is 64.7 Å². The Balaban J connectivity index is 2.54. The van der Waals surface area contributed by atoms with E-state index in [1.807, 2.05) is 0 Å². The first-order valence-corrected chi connectivity index (χ1v) is 4.60.